The highest BCUT2D eigenvalue weighted by atomic mass is 16.5. The van der Waals surface area contributed by atoms with Crippen LogP contribution >= 0.6 is 0 Å². The zero-order valence-corrected chi connectivity index (χ0v) is 12.4. The number of hydrogen-bond acceptors (Lipinski definition) is 4. The second-order valence-electron chi connectivity index (χ2n) is 4.63. The Morgan fingerprint density at radius 1 is 1.20 bits per heavy atom. The standard InChI is InChI=1S/C15H19NO4/c1-9-6-11-7-12(18-3)8-13(19-4)14(11)10(2)16(9)15(17)20-5/h6-8,10H,1-5H3/t10-/m1/s1. The van der Waals surface area contributed by atoms with Crippen LogP contribution in [0.3, 0.4) is 0 Å². The Bertz CT molecular complexity index is 565. The summed E-state index contributed by atoms with van der Waals surface area (Å²) in [5, 5.41) is 0. The van der Waals surface area contributed by atoms with Gasteiger partial charge in [0.1, 0.15) is 11.5 Å². The highest BCUT2D eigenvalue weighted by molar-refractivity contribution is 5.77. The molecule has 5 nitrogen and oxygen atoms in total. The maximum absolute atomic E-state index is 11.9. The number of carbonyl (C=O) groups excluding carboxylic acids is 1. The van der Waals surface area contributed by atoms with E-state index in [-0.39, 0.29) is 12.1 Å². The van der Waals surface area contributed by atoms with Gasteiger partial charge in [0.25, 0.3) is 0 Å². The molecule has 0 radical (unpaired) electrons. The minimum absolute atomic E-state index is 0.164. The Kier molecular flexibility index (Phi) is 3.88. The van der Waals surface area contributed by atoms with Crippen LogP contribution in [0.25, 0.3) is 6.08 Å². The molecule has 0 aliphatic carbocycles. The molecule has 1 aromatic carbocycles. The van der Waals surface area contributed by atoms with Gasteiger partial charge >= 0.3 is 6.09 Å². The van der Waals surface area contributed by atoms with E-state index in [0.29, 0.717) is 5.75 Å². The third-order valence-electron chi connectivity index (χ3n) is 3.52. The molecule has 0 fully saturated rings. The van der Waals surface area contributed by atoms with E-state index < -0.39 is 0 Å². The van der Waals surface area contributed by atoms with Gasteiger partial charge in [-0.25, -0.2) is 4.79 Å². The number of carbonyl (C=O) groups is 1. The van der Waals surface area contributed by atoms with Crippen molar-refractivity contribution in [3.63, 3.8) is 0 Å². The number of rotatable bonds is 2. The topological polar surface area (TPSA) is 48.0 Å². The van der Waals surface area contributed by atoms with Crippen LogP contribution in [0.2, 0.25) is 0 Å². The molecule has 0 saturated carbocycles. The van der Waals surface area contributed by atoms with Crippen LogP contribution in [0.5, 0.6) is 11.5 Å². The van der Waals surface area contributed by atoms with Crippen LogP contribution in [0.4, 0.5) is 4.79 Å². The normalized spacial score (nSPS) is 17.1. The number of amides is 1. The Balaban J connectivity index is 2.60. The van der Waals surface area contributed by atoms with Gasteiger partial charge in [0, 0.05) is 17.3 Å². The Morgan fingerprint density at radius 2 is 1.90 bits per heavy atom. The van der Waals surface area contributed by atoms with E-state index in [2.05, 4.69) is 0 Å². The summed E-state index contributed by atoms with van der Waals surface area (Å²) in [5.74, 6) is 1.42. The Hall–Kier alpha value is -2.17. The number of benzene rings is 1. The van der Waals surface area contributed by atoms with Crippen molar-refractivity contribution in [1.82, 2.24) is 4.90 Å². The number of methoxy groups -OCH3 is 3. The molecule has 0 bridgehead atoms. The molecule has 2 rings (SSSR count). The lowest BCUT2D eigenvalue weighted by Gasteiger charge is -2.34. The molecule has 0 saturated heterocycles. The van der Waals surface area contributed by atoms with Gasteiger partial charge in [-0.1, -0.05) is 0 Å². The fourth-order valence-corrected chi connectivity index (χ4v) is 2.60. The molecule has 20 heavy (non-hydrogen) atoms. The SMILES string of the molecule is COC(=O)N1C(C)=Cc2cc(OC)cc(OC)c2[C@H]1C. The van der Waals surface area contributed by atoms with E-state index in [9.17, 15) is 4.79 Å². The Labute approximate surface area is 118 Å². The van der Waals surface area contributed by atoms with Crippen LogP contribution in [0.1, 0.15) is 31.0 Å². The molecule has 1 amide bonds. The summed E-state index contributed by atoms with van der Waals surface area (Å²) < 4.78 is 15.6. The second-order valence-corrected chi connectivity index (χ2v) is 4.63. The van der Waals surface area contributed by atoms with Gasteiger partial charge in [-0.2, -0.15) is 0 Å². The first-order valence-electron chi connectivity index (χ1n) is 6.34. The van der Waals surface area contributed by atoms with E-state index >= 15 is 0 Å². The molecule has 0 N–H and O–H groups in total. The average molecular weight is 277 g/mol. The zero-order valence-electron chi connectivity index (χ0n) is 12.4. The third kappa shape index (κ3) is 2.19. The summed E-state index contributed by atoms with van der Waals surface area (Å²) in [6.07, 6.45) is 1.55. The highest BCUT2D eigenvalue weighted by Gasteiger charge is 2.31. The van der Waals surface area contributed by atoms with Crippen molar-refractivity contribution in [3.8, 4) is 11.5 Å². The van der Waals surface area contributed by atoms with E-state index in [1.165, 1.54) is 7.11 Å². The predicted molar refractivity (Wildman–Crippen MR) is 75.9 cm³/mol. The summed E-state index contributed by atoms with van der Waals surface area (Å²) in [7, 11) is 4.60. The molecule has 108 valence electrons. The molecule has 1 heterocycles. The minimum atomic E-state index is -0.380. The first kappa shape index (κ1) is 14.2. The van der Waals surface area contributed by atoms with Crippen LogP contribution in [-0.4, -0.2) is 32.3 Å². The quantitative estimate of drug-likeness (QED) is 0.833. The van der Waals surface area contributed by atoms with Crippen LogP contribution in [0, 0.1) is 0 Å². The van der Waals surface area contributed by atoms with Crippen LogP contribution in [-0.2, 0) is 4.74 Å². The molecule has 1 aromatic rings. The molecule has 0 aromatic heterocycles. The van der Waals surface area contributed by atoms with E-state index in [1.807, 2.05) is 32.1 Å². The van der Waals surface area contributed by atoms with Gasteiger partial charge in [0.2, 0.25) is 0 Å². The van der Waals surface area contributed by atoms with E-state index in [0.717, 1.165) is 22.6 Å². The molecule has 0 spiro atoms. The molecular formula is C15H19NO4. The molecular weight excluding hydrogens is 258 g/mol. The van der Waals surface area contributed by atoms with Gasteiger partial charge in [0.05, 0.1) is 27.4 Å². The van der Waals surface area contributed by atoms with Gasteiger partial charge < -0.3 is 14.2 Å². The maximum Gasteiger partial charge on any atom is 0.414 e. The van der Waals surface area contributed by atoms with E-state index in [1.54, 1.807) is 19.1 Å². The van der Waals surface area contributed by atoms with Gasteiger partial charge in [0.15, 0.2) is 0 Å². The first-order valence-corrected chi connectivity index (χ1v) is 6.34. The fourth-order valence-electron chi connectivity index (χ4n) is 2.60. The Morgan fingerprint density at radius 3 is 2.45 bits per heavy atom. The fraction of sp³-hybridized carbons (Fsp3) is 0.400. The van der Waals surface area contributed by atoms with Crippen molar-refractivity contribution < 1.29 is 19.0 Å². The zero-order chi connectivity index (χ0) is 14.9. The number of fused-ring (bicyclic) bond motifs is 1. The maximum atomic E-state index is 11.9. The van der Waals surface area contributed by atoms with Crippen LogP contribution < -0.4 is 9.47 Å². The summed E-state index contributed by atoms with van der Waals surface area (Å²) in [6.45, 7) is 3.82. The van der Waals surface area contributed by atoms with E-state index in [4.69, 9.17) is 14.2 Å². The lowest BCUT2D eigenvalue weighted by molar-refractivity contribution is 0.122. The smallest absolute Gasteiger partial charge is 0.414 e. The van der Waals surface area contributed by atoms with Crippen molar-refractivity contribution in [1.29, 1.82) is 0 Å². The van der Waals surface area contributed by atoms with Gasteiger partial charge in [-0.15, -0.1) is 0 Å². The molecule has 5 heteroatoms. The lowest BCUT2D eigenvalue weighted by Crippen LogP contribution is -2.34. The van der Waals surface area contributed by atoms with Crippen molar-refractivity contribution in [2.75, 3.05) is 21.3 Å². The third-order valence-corrected chi connectivity index (χ3v) is 3.52. The van der Waals surface area contributed by atoms with Crippen molar-refractivity contribution in [2.45, 2.75) is 19.9 Å². The van der Waals surface area contributed by atoms with Crippen molar-refractivity contribution >= 4 is 12.2 Å². The first-order chi connectivity index (χ1) is 9.53. The monoisotopic (exact) mass is 277 g/mol. The number of ether oxygens (including phenoxy) is 3. The number of nitrogens with zero attached hydrogens (tertiary/aromatic N) is 1. The largest absolute Gasteiger partial charge is 0.497 e. The molecule has 1 aliphatic rings. The average Bonchev–Trinajstić information content (AvgIpc) is 2.45. The predicted octanol–water partition coefficient (Wildman–Crippen LogP) is 3.21. The molecule has 1 aliphatic heterocycles. The molecule has 1 atom stereocenters. The number of allylic oxidation sites excluding steroid dienone is 1. The van der Waals surface area contributed by atoms with Gasteiger partial charge in [-0.3, -0.25) is 4.90 Å². The highest BCUT2D eigenvalue weighted by Crippen LogP contribution is 2.41. The summed E-state index contributed by atoms with van der Waals surface area (Å²) in [4.78, 5) is 13.5. The summed E-state index contributed by atoms with van der Waals surface area (Å²) in [5.41, 5.74) is 2.77. The van der Waals surface area contributed by atoms with Crippen molar-refractivity contribution in [3.05, 3.63) is 29.0 Å². The van der Waals surface area contributed by atoms with Crippen LogP contribution in [0.15, 0.2) is 17.8 Å². The lowest BCUT2D eigenvalue weighted by atomic mass is 9.94. The summed E-state index contributed by atoms with van der Waals surface area (Å²) in [6, 6.07) is 3.59. The molecule has 0 unspecified atom stereocenters. The number of hydrogen-bond donors (Lipinski definition) is 0. The second kappa shape index (κ2) is 5.45. The van der Waals surface area contributed by atoms with Gasteiger partial charge in [-0.05, 0) is 31.6 Å². The summed E-state index contributed by atoms with van der Waals surface area (Å²) >= 11 is 0. The van der Waals surface area contributed by atoms with Crippen molar-refractivity contribution in [2.24, 2.45) is 0 Å². The minimum Gasteiger partial charge on any atom is -0.497 e.